The molecule has 0 saturated heterocycles. The van der Waals surface area contributed by atoms with Crippen molar-refractivity contribution < 1.29 is 9.31 Å². The summed E-state index contributed by atoms with van der Waals surface area (Å²) in [5.74, 6) is -0.369. The molecule has 0 bridgehead atoms. The minimum atomic E-state index is -0.742. The average molecular weight is 277 g/mol. The molecule has 0 aliphatic carbocycles. The number of thioether (sulfide) groups is 1. The summed E-state index contributed by atoms with van der Waals surface area (Å²) in [5.41, 5.74) is 0.990. The van der Waals surface area contributed by atoms with Gasteiger partial charge in [-0.2, -0.15) is 4.39 Å². The van der Waals surface area contributed by atoms with Crippen molar-refractivity contribution in [3.8, 4) is 0 Å². The third-order valence-electron chi connectivity index (χ3n) is 2.73. The van der Waals surface area contributed by atoms with Crippen LogP contribution in [0.25, 0.3) is 0 Å². The van der Waals surface area contributed by atoms with Gasteiger partial charge < -0.3 is 0 Å². The molecule has 0 atom stereocenters. The van der Waals surface area contributed by atoms with Crippen molar-refractivity contribution in [2.45, 2.75) is 17.6 Å². The first-order valence-electron chi connectivity index (χ1n) is 5.70. The highest BCUT2D eigenvalue weighted by Crippen LogP contribution is 2.29. The van der Waals surface area contributed by atoms with Gasteiger partial charge in [-0.15, -0.1) is 11.8 Å². The number of nitrogens with zero attached hydrogens (tertiary/aromatic N) is 1. The number of aryl methyl sites for hydroxylation is 1. The van der Waals surface area contributed by atoms with Crippen LogP contribution < -0.4 is 0 Å². The Morgan fingerprint density at radius 3 is 2.63 bits per heavy atom. The Labute approximate surface area is 114 Å². The van der Waals surface area contributed by atoms with E-state index in [1.807, 2.05) is 31.2 Å². The van der Waals surface area contributed by atoms with Crippen molar-refractivity contribution in [1.82, 2.24) is 0 Å². The smallest absolute Gasteiger partial charge is 0.258 e. The highest BCUT2D eigenvalue weighted by Gasteiger charge is 2.17. The Bertz CT molecular complexity index is 616. The van der Waals surface area contributed by atoms with E-state index in [-0.39, 0.29) is 0 Å². The van der Waals surface area contributed by atoms with Crippen LogP contribution in [0.5, 0.6) is 0 Å². The fourth-order valence-corrected chi connectivity index (χ4v) is 2.70. The maximum atomic E-state index is 13.9. The molecule has 0 aliphatic rings. The summed E-state index contributed by atoms with van der Waals surface area (Å²) in [5, 5.41) is 10.7. The van der Waals surface area contributed by atoms with Crippen LogP contribution in [0.2, 0.25) is 0 Å². The summed E-state index contributed by atoms with van der Waals surface area (Å²) in [6.45, 7) is 1.98. The zero-order chi connectivity index (χ0) is 13.8. The molecule has 19 heavy (non-hydrogen) atoms. The number of hydrogen-bond donors (Lipinski definition) is 0. The number of benzene rings is 2. The van der Waals surface area contributed by atoms with E-state index in [4.69, 9.17) is 0 Å². The molecule has 0 radical (unpaired) electrons. The van der Waals surface area contributed by atoms with Crippen molar-refractivity contribution in [3.63, 3.8) is 0 Å². The first-order valence-corrected chi connectivity index (χ1v) is 6.68. The number of rotatable bonds is 4. The van der Waals surface area contributed by atoms with Crippen LogP contribution in [0.3, 0.4) is 0 Å². The molecule has 2 aromatic carbocycles. The summed E-state index contributed by atoms with van der Waals surface area (Å²) >= 11 is 1.47. The van der Waals surface area contributed by atoms with Crippen molar-refractivity contribution in [2.24, 2.45) is 0 Å². The molecule has 0 spiro atoms. The van der Waals surface area contributed by atoms with Crippen LogP contribution in [-0.4, -0.2) is 4.92 Å². The molecule has 0 amide bonds. The van der Waals surface area contributed by atoms with E-state index in [2.05, 4.69) is 0 Å². The number of nitro benzene ring substituents is 1. The molecule has 3 nitrogen and oxygen atoms in total. The monoisotopic (exact) mass is 277 g/mol. The summed E-state index contributed by atoms with van der Waals surface area (Å²) in [6.07, 6.45) is 0. The average Bonchev–Trinajstić information content (AvgIpc) is 2.39. The molecular weight excluding hydrogens is 265 g/mol. The predicted molar refractivity (Wildman–Crippen MR) is 73.8 cm³/mol. The molecule has 0 aromatic heterocycles. The van der Waals surface area contributed by atoms with E-state index in [0.29, 0.717) is 11.3 Å². The molecule has 2 aromatic rings. The zero-order valence-electron chi connectivity index (χ0n) is 10.3. The minimum absolute atomic E-state index is 0.349. The van der Waals surface area contributed by atoms with Crippen LogP contribution in [0, 0.1) is 22.9 Å². The normalized spacial score (nSPS) is 10.4. The fraction of sp³-hybridized carbons (Fsp3) is 0.143. The van der Waals surface area contributed by atoms with Gasteiger partial charge in [-0.05, 0) is 18.6 Å². The van der Waals surface area contributed by atoms with Gasteiger partial charge in [0.25, 0.3) is 0 Å². The number of hydrogen-bond acceptors (Lipinski definition) is 3. The van der Waals surface area contributed by atoms with E-state index < -0.39 is 16.4 Å². The Morgan fingerprint density at radius 2 is 1.95 bits per heavy atom. The van der Waals surface area contributed by atoms with Gasteiger partial charge in [0.2, 0.25) is 5.82 Å². The Hall–Kier alpha value is -1.88. The van der Waals surface area contributed by atoms with Gasteiger partial charge in [0.05, 0.1) is 4.92 Å². The molecular formula is C14H12FNO2S. The second-order valence-corrected chi connectivity index (χ2v) is 5.08. The first kappa shape index (κ1) is 13.5. The van der Waals surface area contributed by atoms with Crippen molar-refractivity contribution in [2.75, 3.05) is 0 Å². The summed E-state index contributed by atoms with van der Waals surface area (Å²) in [6, 6.07) is 12.0. The predicted octanol–water partition coefficient (Wildman–Crippen LogP) is 4.33. The van der Waals surface area contributed by atoms with Crippen molar-refractivity contribution >= 4 is 17.4 Å². The standard InChI is InChI=1S/C14H12FNO2S/c1-10-5-2-3-8-13(10)19-9-11-6-4-7-12(14(11)15)16(17)18/h2-8H,9H2,1H3. The van der Waals surface area contributed by atoms with E-state index >= 15 is 0 Å². The third-order valence-corrected chi connectivity index (χ3v) is 3.96. The van der Waals surface area contributed by atoms with Crippen molar-refractivity contribution in [3.05, 3.63) is 69.5 Å². The molecule has 0 aliphatic heterocycles. The van der Waals surface area contributed by atoms with Gasteiger partial charge in [0, 0.05) is 22.3 Å². The van der Waals surface area contributed by atoms with Crippen LogP contribution in [0.4, 0.5) is 10.1 Å². The van der Waals surface area contributed by atoms with Gasteiger partial charge in [-0.25, -0.2) is 0 Å². The Balaban J connectivity index is 2.19. The highest BCUT2D eigenvalue weighted by molar-refractivity contribution is 7.98. The van der Waals surface area contributed by atoms with Gasteiger partial charge in [-0.3, -0.25) is 10.1 Å². The molecule has 0 fully saturated rings. The second kappa shape index (κ2) is 5.84. The Morgan fingerprint density at radius 1 is 1.21 bits per heavy atom. The number of nitro groups is 1. The lowest BCUT2D eigenvalue weighted by atomic mass is 10.2. The van der Waals surface area contributed by atoms with E-state index in [0.717, 1.165) is 10.5 Å². The quantitative estimate of drug-likeness (QED) is 0.474. The molecule has 5 heteroatoms. The molecule has 0 N–H and O–H groups in total. The topological polar surface area (TPSA) is 43.1 Å². The molecule has 2 rings (SSSR count). The summed E-state index contributed by atoms with van der Waals surface area (Å²) in [7, 11) is 0. The maximum Gasteiger partial charge on any atom is 0.305 e. The zero-order valence-corrected chi connectivity index (χ0v) is 11.1. The lowest BCUT2D eigenvalue weighted by molar-refractivity contribution is -0.387. The third kappa shape index (κ3) is 3.12. The molecule has 0 heterocycles. The van der Waals surface area contributed by atoms with Gasteiger partial charge in [0.15, 0.2) is 0 Å². The van der Waals surface area contributed by atoms with E-state index in [1.54, 1.807) is 6.07 Å². The summed E-state index contributed by atoms with van der Waals surface area (Å²) in [4.78, 5) is 11.0. The van der Waals surface area contributed by atoms with Gasteiger partial charge >= 0.3 is 5.69 Å². The van der Waals surface area contributed by atoms with Crippen LogP contribution >= 0.6 is 11.8 Å². The lowest BCUT2D eigenvalue weighted by Gasteiger charge is -2.06. The van der Waals surface area contributed by atoms with E-state index in [1.165, 1.54) is 23.9 Å². The fourth-order valence-electron chi connectivity index (χ4n) is 1.69. The second-order valence-electron chi connectivity index (χ2n) is 4.06. The lowest BCUT2D eigenvalue weighted by Crippen LogP contribution is -1.96. The Kier molecular flexibility index (Phi) is 4.16. The van der Waals surface area contributed by atoms with Gasteiger partial charge in [-0.1, -0.05) is 30.3 Å². The van der Waals surface area contributed by atoms with Crippen LogP contribution in [-0.2, 0) is 5.75 Å². The SMILES string of the molecule is Cc1ccccc1SCc1cccc([N+](=O)[O-])c1F. The molecule has 0 unspecified atom stereocenters. The maximum absolute atomic E-state index is 13.9. The van der Waals surface area contributed by atoms with Crippen LogP contribution in [0.1, 0.15) is 11.1 Å². The van der Waals surface area contributed by atoms with Gasteiger partial charge in [0.1, 0.15) is 0 Å². The highest BCUT2D eigenvalue weighted by atomic mass is 32.2. The van der Waals surface area contributed by atoms with Crippen molar-refractivity contribution in [1.29, 1.82) is 0 Å². The minimum Gasteiger partial charge on any atom is -0.258 e. The van der Waals surface area contributed by atoms with Crippen LogP contribution in [0.15, 0.2) is 47.4 Å². The number of halogens is 1. The summed E-state index contributed by atoms with van der Waals surface area (Å²) < 4.78 is 13.9. The largest absolute Gasteiger partial charge is 0.305 e. The van der Waals surface area contributed by atoms with E-state index in [9.17, 15) is 14.5 Å². The molecule has 98 valence electrons. The molecule has 0 saturated carbocycles. The first-order chi connectivity index (χ1) is 9.09.